The Morgan fingerprint density at radius 1 is 1.20 bits per heavy atom. The molecule has 5 rings (SSSR count). The van der Waals surface area contributed by atoms with E-state index in [1.807, 2.05) is 20.2 Å². The molecular weight excluding hydrogens is 561 g/mol. The number of benzene rings is 1. The van der Waals surface area contributed by atoms with E-state index in [-0.39, 0.29) is 29.4 Å². The molecule has 0 aliphatic carbocycles. The number of aryl methyl sites for hydroxylation is 1. The van der Waals surface area contributed by atoms with E-state index in [1.54, 1.807) is 33.6 Å². The molecule has 0 amide bonds. The summed E-state index contributed by atoms with van der Waals surface area (Å²) in [6, 6.07) is 5.74. The quantitative estimate of drug-likeness (QED) is 0.325. The van der Waals surface area contributed by atoms with Gasteiger partial charge in [-0.15, -0.1) is 5.10 Å². The van der Waals surface area contributed by atoms with Crippen molar-refractivity contribution in [3.05, 3.63) is 41.1 Å². The van der Waals surface area contributed by atoms with E-state index in [9.17, 15) is 21.6 Å². The number of nitrogens with zero attached hydrogens (tertiary/aromatic N) is 7. The van der Waals surface area contributed by atoms with Crippen LogP contribution < -0.4 is 10.2 Å². The van der Waals surface area contributed by atoms with Gasteiger partial charge in [0.2, 0.25) is 0 Å². The number of imidazole rings is 1. The number of fused-ring (bicyclic) bond motifs is 1. The van der Waals surface area contributed by atoms with E-state index in [0.717, 1.165) is 6.07 Å². The molecule has 0 spiro atoms. The molecule has 222 valence electrons. The highest BCUT2D eigenvalue weighted by atomic mass is 32.2. The number of alkyl halides is 3. The summed E-state index contributed by atoms with van der Waals surface area (Å²) < 4.78 is 74.0. The molecule has 0 bridgehead atoms. The second-order valence-corrected chi connectivity index (χ2v) is 12.6. The van der Waals surface area contributed by atoms with Crippen molar-refractivity contribution in [1.82, 2.24) is 24.4 Å². The van der Waals surface area contributed by atoms with Gasteiger partial charge < -0.3 is 19.9 Å². The lowest BCUT2D eigenvalue weighted by atomic mass is 10.0. The summed E-state index contributed by atoms with van der Waals surface area (Å²) in [6.45, 7) is 4.29. The molecule has 1 aromatic carbocycles. The summed E-state index contributed by atoms with van der Waals surface area (Å²) in [4.78, 5) is 14.6. The van der Waals surface area contributed by atoms with Gasteiger partial charge in [-0.25, -0.2) is 18.4 Å². The first-order valence-corrected chi connectivity index (χ1v) is 15.1. The SMILES string of the molecule is Cc1nc2c(N=CN(C)C)cc(N3CCOCC3)nn2c1Nc1cccc(C(F)(F)F)c1CN1CCCS(=O)(=O)C1. The Kier molecular flexibility index (Phi) is 8.12. The number of aromatic nitrogens is 3. The maximum Gasteiger partial charge on any atom is 0.416 e. The Hall–Kier alpha value is -3.43. The second-order valence-electron chi connectivity index (χ2n) is 10.4. The first kappa shape index (κ1) is 29.1. The monoisotopic (exact) mass is 594 g/mol. The van der Waals surface area contributed by atoms with E-state index in [0.29, 0.717) is 67.9 Å². The minimum atomic E-state index is -4.63. The Bertz CT molecular complexity index is 1550. The number of rotatable bonds is 7. The van der Waals surface area contributed by atoms with Crippen LogP contribution >= 0.6 is 0 Å². The molecule has 2 saturated heterocycles. The molecule has 1 N–H and O–H groups in total. The summed E-state index contributed by atoms with van der Waals surface area (Å²) in [5.74, 6) is 0.773. The summed E-state index contributed by atoms with van der Waals surface area (Å²) in [5, 5.41) is 7.97. The van der Waals surface area contributed by atoms with Crippen LogP contribution in [0.2, 0.25) is 0 Å². The summed E-state index contributed by atoms with van der Waals surface area (Å²) in [6.07, 6.45) is -2.62. The van der Waals surface area contributed by atoms with Crippen LogP contribution in [0.1, 0.15) is 23.2 Å². The lowest BCUT2D eigenvalue weighted by Crippen LogP contribution is -2.38. The minimum Gasteiger partial charge on any atom is -0.378 e. The first-order chi connectivity index (χ1) is 19.4. The highest BCUT2D eigenvalue weighted by Crippen LogP contribution is 2.38. The maximum atomic E-state index is 14.2. The molecule has 0 unspecified atom stereocenters. The van der Waals surface area contributed by atoms with Gasteiger partial charge in [-0.2, -0.15) is 17.7 Å². The molecule has 3 aromatic rings. The van der Waals surface area contributed by atoms with Crippen molar-refractivity contribution in [2.75, 3.05) is 68.8 Å². The topological polar surface area (TPSA) is 108 Å². The average molecular weight is 595 g/mol. The number of nitrogens with one attached hydrogen (secondary N) is 1. The fourth-order valence-electron chi connectivity index (χ4n) is 4.99. The van der Waals surface area contributed by atoms with Crippen LogP contribution in [0.5, 0.6) is 0 Å². The van der Waals surface area contributed by atoms with Gasteiger partial charge in [0.25, 0.3) is 0 Å². The van der Waals surface area contributed by atoms with Crippen LogP contribution in [-0.2, 0) is 27.3 Å². The molecule has 0 atom stereocenters. The van der Waals surface area contributed by atoms with Gasteiger partial charge in [0.15, 0.2) is 27.1 Å². The number of halogens is 3. The molecule has 41 heavy (non-hydrogen) atoms. The molecule has 11 nitrogen and oxygen atoms in total. The number of morpholine rings is 1. The Morgan fingerprint density at radius 3 is 2.63 bits per heavy atom. The number of ether oxygens (including phenoxy) is 1. The zero-order chi connectivity index (χ0) is 29.4. The molecule has 0 radical (unpaired) electrons. The predicted octanol–water partition coefficient (Wildman–Crippen LogP) is 3.44. The zero-order valence-corrected chi connectivity index (χ0v) is 24.0. The maximum absolute atomic E-state index is 14.2. The van der Waals surface area contributed by atoms with Gasteiger partial charge >= 0.3 is 6.18 Å². The highest BCUT2D eigenvalue weighted by molar-refractivity contribution is 7.91. The standard InChI is InChI=1S/C26H33F3N8O3S/c1-18-24(37-25(31-18)22(30-16-34(2)3)14-23(33-37)36-9-11-40-12-10-36)32-21-7-4-6-20(26(27,28)29)19(21)15-35-8-5-13-41(38,39)17-35/h4,6-7,14,16,32H,5,8-13,15,17H2,1-3H3. The van der Waals surface area contributed by atoms with E-state index < -0.39 is 21.6 Å². The molecule has 0 saturated carbocycles. The van der Waals surface area contributed by atoms with E-state index in [2.05, 4.69) is 20.2 Å². The lowest BCUT2D eigenvalue weighted by Gasteiger charge is -2.29. The first-order valence-electron chi connectivity index (χ1n) is 13.2. The fraction of sp³-hybridized carbons (Fsp3) is 0.500. The van der Waals surface area contributed by atoms with Crippen molar-refractivity contribution in [3.63, 3.8) is 0 Å². The number of sulfone groups is 1. The molecule has 15 heteroatoms. The van der Waals surface area contributed by atoms with Gasteiger partial charge in [-0.3, -0.25) is 4.90 Å². The van der Waals surface area contributed by atoms with Crippen LogP contribution in [-0.4, -0.2) is 97.7 Å². The number of aliphatic imine (C=N–C) groups is 1. The van der Waals surface area contributed by atoms with Gasteiger partial charge in [0, 0.05) is 57.6 Å². The van der Waals surface area contributed by atoms with Crippen molar-refractivity contribution in [1.29, 1.82) is 0 Å². The highest BCUT2D eigenvalue weighted by Gasteiger charge is 2.36. The molecule has 2 aliphatic heterocycles. The van der Waals surface area contributed by atoms with Crippen LogP contribution in [0.3, 0.4) is 0 Å². The fourth-order valence-corrected chi connectivity index (χ4v) is 6.47. The number of anilines is 3. The van der Waals surface area contributed by atoms with Crippen molar-refractivity contribution in [3.8, 4) is 0 Å². The summed E-state index contributed by atoms with van der Waals surface area (Å²) in [5.41, 5.74) is 0.841. The van der Waals surface area contributed by atoms with E-state index in [4.69, 9.17) is 9.84 Å². The van der Waals surface area contributed by atoms with Gasteiger partial charge in [0.05, 0.1) is 36.6 Å². The van der Waals surface area contributed by atoms with Crippen LogP contribution in [0.4, 0.5) is 36.2 Å². The van der Waals surface area contributed by atoms with Crippen molar-refractivity contribution in [2.45, 2.75) is 26.1 Å². The lowest BCUT2D eigenvalue weighted by molar-refractivity contribution is -0.138. The third-order valence-electron chi connectivity index (χ3n) is 6.91. The van der Waals surface area contributed by atoms with Crippen LogP contribution in [0.25, 0.3) is 5.65 Å². The number of hydrogen-bond donors (Lipinski definition) is 1. The third kappa shape index (κ3) is 6.57. The predicted molar refractivity (Wildman–Crippen MR) is 151 cm³/mol. The summed E-state index contributed by atoms with van der Waals surface area (Å²) in [7, 11) is 0.328. The van der Waals surface area contributed by atoms with Gasteiger partial charge in [-0.1, -0.05) is 6.07 Å². The van der Waals surface area contributed by atoms with Crippen molar-refractivity contribution >= 4 is 44.8 Å². The van der Waals surface area contributed by atoms with Crippen molar-refractivity contribution in [2.24, 2.45) is 4.99 Å². The zero-order valence-electron chi connectivity index (χ0n) is 23.1. The third-order valence-corrected chi connectivity index (χ3v) is 8.58. The number of hydrogen-bond acceptors (Lipinski definition) is 9. The normalized spacial score (nSPS) is 18.3. The smallest absolute Gasteiger partial charge is 0.378 e. The van der Waals surface area contributed by atoms with Crippen molar-refractivity contribution < 1.29 is 26.3 Å². The molecule has 2 fully saturated rings. The minimum absolute atomic E-state index is 0.0340. The molecule has 4 heterocycles. The molecule has 2 aliphatic rings. The second kappa shape index (κ2) is 11.4. The van der Waals surface area contributed by atoms with E-state index >= 15 is 0 Å². The average Bonchev–Trinajstić information content (AvgIpc) is 3.22. The Balaban J connectivity index is 1.61. The van der Waals surface area contributed by atoms with Crippen LogP contribution in [0.15, 0.2) is 29.3 Å². The van der Waals surface area contributed by atoms with Gasteiger partial charge in [-0.05, 0) is 25.5 Å². The van der Waals surface area contributed by atoms with Crippen LogP contribution in [0, 0.1) is 6.92 Å². The largest absolute Gasteiger partial charge is 0.416 e. The van der Waals surface area contributed by atoms with E-state index in [1.165, 1.54) is 6.07 Å². The Labute approximate surface area is 236 Å². The Morgan fingerprint density at radius 2 is 1.95 bits per heavy atom. The van der Waals surface area contributed by atoms with Gasteiger partial charge in [0.1, 0.15) is 11.6 Å². The molecular formula is C26H33F3N8O3S. The molecule has 2 aromatic heterocycles. The summed E-state index contributed by atoms with van der Waals surface area (Å²) >= 11 is 0.